The molecule has 0 aromatic carbocycles. The molecule has 2 atom stereocenters. The zero-order valence-electron chi connectivity index (χ0n) is 11.2. The van der Waals surface area contributed by atoms with Gasteiger partial charge in [0.05, 0.1) is 6.04 Å². The van der Waals surface area contributed by atoms with Gasteiger partial charge in [-0.3, -0.25) is 4.79 Å². The second kappa shape index (κ2) is 5.85. The normalized spacial score (nSPS) is 27.3. The molecule has 2 unspecified atom stereocenters. The van der Waals surface area contributed by atoms with Crippen LogP contribution in [0, 0.1) is 5.92 Å². The van der Waals surface area contributed by atoms with E-state index in [2.05, 4.69) is 24.1 Å². The Labute approximate surface area is 105 Å². The highest BCUT2D eigenvalue weighted by atomic mass is 16.2. The van der Waals surface area contributed by atoms with Gasteiger partial charge in [-0.1, -0.05) is 26.7 Å². The Morgan fingerprint density at radius 2 is 2.12 bits per heavy atom. The summed E-state index contributed by atoms with van der Waals surface area (Å²) in [5, 5.41) is 3.32. The molecule has 1 N–H and O–H groups in total. The molecule has 0 aromatic heterocycles. The number of amides is 1. The number of likely N-dealkylation sites (N-methyl/N-ethyl adjacent to an activating group) is 1. The molecule has 2 aliphatic rings. The number of rotatable bonds is 6. The topological polar surface area (TPSA) is 32.3 Å². The van der Waals surface area contributed by atoms with Crippen LogP contribution in [-0.2, 0) is 4.79 Å². The first-order valence-corrected chi connectivity index (χ1v) is 7.30. The third-order valence-electron chi connectivity index (χ3n) is 4.14. The van der Waals surface area contributed by atoms with Gasteiger partial charge in [0.1, 0.15) is 0 Å². The minimum absolute atomic E-state index is 0.0852. The van der Waals surface area contributed by atoms with E-state index < -0.39 is 0 Å². The molecule has 0 radical (unpaired) electrons. The number of nitrogens with zero attached hydrogens (tertiary/aromatic N) is 1. The first-order valence-electron chi connectivity index (χ1n) is 7.30. The van der Waals surface area contributed by atoms with E-state index in [-0.39, 0.29) is 6.04 Å². The minimum Gasteiger partial charge on any atom is -0.338 e. The summed E-state index contributed by atoms with van der Waals surface area (Å²) in [6.45, 7) is 6.17. The first kappa shape index (κ1) is 12.9. The highest BCUT2D eigenvalue weighted by molar-refractivity contribution is 5.82. The first-order chi connectivity index (χ1) is 8.26. The maximum Gasteiger partial charge on any atom is 0.239 e. The van der Waals surface area contributed by atoms with Crippen molar-refractivity contribution < 1.29 is 4.79 Å². The van der Waals surface area contributed by atoms with E-state index in [9.17, 15) is 4.79 Å². The summed E-state index contributed by atoms with van der Waals surface area (Å²) < 4.78 is 0. The van der Waals surface area contributed by atoms with Crippen LogP contribution in [0.1, 0.15) is 52.4 Å². The molecule has 1 aliphatic heterocycles. The fourth-order valence-corrected chi connectivity index (χ4v) is 2.95. The molecule has 0 spiro atoms. The van der Waals surface area contributed by atoms with Crippen molar-refractivity contribution in [2.45, 2.75) is 64.5 Å². The number of likely N-dealkylation sites (tertiary alicyclic amines) is 1. The fraction of sp³-hybridized carbons (Fsp3) is 0.929. The Morgan fingerprint density at radius 3 is 2.71 bits per heavy atom. The van der Waals surface area contributed by atoms with E-state index in [1.54, 1.807) is 0 Å². The zero-order chi connectivity index (χ0) is 12.3. The summed E-state index contributed by atoms with van der Waals surface area (Å²) in [5.41, 5.74) is 0. The van der Waals surface area contributed by atoms with E-state index in [0.717, 1.165) is 38.3 Å². The van der Waals surface area contributed by atoms with Crippen molar-refractivity contribution >= 4 is 5.91 Å². The van der Waals surface area contributed by atoms with Crippen molar-refractivity contribution in [1.82, 2.24) is 10.2 Å². The molecule has 98 valence electrons. The van der Waals surface area contributed by atoms with E-state index in [0.29, 0.717) is 11.9 Å². The SMILES string of the molecule is CCNC1CCCN(C(CC)CC2CC2)C1=O. The summed E-state index contributed by atoms with van der Waals surface area (Å²) in [6, 6.07) is 0.582. The van der Waals surface area contributed by atoms with Crippen LogP contribution in [0.15, 0.2) is 0 Å². The fourth-order valence-electron chi connectivity index (χ4n) is 2.95. The van der Waals surface area contributed by atoms with Crippen LogP contribution in [0.4, 0.5) is 0 Å². The highest BCUT2D eigenvalue weighted by Gasteiger charge is 2.34. The van der Waals surface area contributed by atoms with Gasteiger partial charge in [-0.2, -0.15) is 0 Å². The lowest BCUT2D eigenvalue weighted by Gasteiger charge is -2.38. The second-order valence-electron chi connectivity index (χ2n) is 5.53. The molecular weight excluding hydrogens is 212 g/mol. The minimum atomic E-state index is 0.0852. The largest absolute Gasteiger partial charge is 0.338 e. The third kappa shape index (κ3) is 3.21. The van der Waals surface area contributed by atoms with Crippen LogP contribution in [0.25, 0.3) is 0 Å². The van der Waals surface area contributed by atoms with Gasteiger partial charge < -0.3 is 10.2 Å². The average Bonchev–Trinajstić information content (AvgIpc) is 3.13. The molecule has 2 rings (SSSR count). The molecular formula is C14H26N2O. The lowest BCUT2D eigenvalue weighted by Crippen LogP contribution is -2.54. The van der Waals surface area contributed by atoms with Crippen molar-refractivity contribution in [3.8, 4) is 0 Å². The molecule has 1 amide bonds. The van der Waals surface area contributed by atoms with E-state index >= 15 is 0 Å². The van der Waals surface area contributed by atoms with E-state index in [4.69, 9.17) is 0 Å². The molecule has 1 heterocycles. The summed E-state index contributed by atoms with van der Waals surface area (Å²) in [7, 11) is 0. The molecule has 1 aliphatic carbocycles. The Morgan fingerprint density at radius 1 is 1.35 bits per heavy atom. The van der Waals surface area contributed by atoms with Gasteiger partial charge in [0.2, 0.25) is 5.91 Å². The predicted octanol–water partition coefficient (Wildman–Crippen LogP) is 2.17. The standard InChI is InChI=1S/C14H26N2O/c1-3-12(10-11-7-8-11)16-9-5-6-13(14(16)17)15-4-2/h11-13,15H,3-10H2,1-2H3. The van der Waals surface area contributed by atoms with Crippen molar-refractivity contribution in [3.05, 3.63) is 0 Å². The van der Waals surface area contributed by atoms with Gasteiger partial charge >= 0.3 is 0 Å². The number of nitrogens with one attached hydrogen (secondary N) is 1. The summed E-state index contributed by atoms with van der Waals surface area (Å²) >= 11 is 0. The van der Waals surface area contributed by atoms with Crippen LogP contribution < -0.4 is 5.32 Å². The Hall–Kier alpha value is -0.570. The number of piperidine rings is 1. The van der Waals surface area contributed by atoms with E-state index in [1.807, 2.05) is 0 Å². The van der Waals surface area contributed by atoms with Crippen LogP contribution in [-0.4, -0.2) is 36.0 Å². The third-order valence-corrected chi connectivity index (χ3v) is 4.14. The molecule has 1 saturated heterocycles. The summed E-state index contributed by atoms with van der Waals surface area (Å²) in [6.07, 6.45) is 7.29. The van der Waals surface area contributed by atoms with Gasteiger partial charge in [-0.25, -0.2) is 0 Å². The van der Waals surface area contributed by atoms with Crippen molar-refractivity contribution in [3.63, 3.8) is 0 Å². The van der Waals surface area contributed by atoms with Crippen LogP contribution in [0.2, 0.25) is 0 Å². The lowest BCUT2D eigenvalue weighted by molar-refractivity contribution is -0.138. The number of hydrogen-bond donors (Lipinski definition) is 1. The van der Waals surface area contributed by atoms with Crippen LogP contribution in [0.3, 0.4) is 0 Å². The molecule has 1 saturated carbocycles. The van der Waals surface area contributed by atoms with Crippen molar-refractivity contribution in [2.24, 2.45) is 5.92 Å². The average molecular weight is 238 g/mol. The van der Waals surface area contributed by atoms with Gasteiger partial charge in [0.15, 0.2) is 0 Å². The molecule has 3 nitrogen and oxygen atoms in total. The maximum absolute atomic E-state index is 12.4. The Kier molecular flexibility index (Phi) is 4.43. The van der Waals surface area contributed by atoms with Gasteiger partial charge in [-0.15, -0.1) is 0 Å². The summed E-state index contributed by atoms with van der Waals surface area (Å²) in [4.78, 5) is 14.5. The number of carbonyl (C=O) groups is 1. The van der Waals surface area contributed by atoms with Gasteiger partial charge in [-0.05, 0) is 38.1 Å². The number of carbonyl (C=O) groups excluding carboxylic acids is 1. The Bertz CT molecular complexity index is 261. The van der Waals surface area contributed by atoms with Crippen molar-refractivity contribution in [1.29, 1.82) is 0 Å². The molecule has 2 fully saturated rings. The monoisotopic (exact) mass is 238 g/mol. The quantitative estimate of drug-likeness (QED) is 0.769. The lowest BCUT2D eigenvalue weighted by atomic mass is 9.98. The van der Waals surface area contributed by atoms with E-state index in [1.165, 1.54) is 19.3 Å². The van der Waals surface area contributed by atoms with Gasteiger partial charge in [0.25, 0.3) is 0 Å². The maximum atomic E-state index is 12.4. The van der Waals surface area contributed by atoms with Crippen molar-refractivity contribution in [2.75, 3.05) is 13.1 Å². The second-order valence-corrected chi connectivity index (χ2v) is 5.53. The van der Waals surface area contributed by atoms with Gasteiger partial charge in [0, 0.05) is 12.6 Å². The van der Waals surface area contributed by atoms with Crippen LogP contribution in [0.5, 0.6) is 0 Å². The molecule has 0 aromatic rings. The number of hydrogen-bond acceptors (Lipinski definition) is 2. The molecule has 17 heavy (non-hydrogen) atoms. The van der Waals surface area contributed by atoms with Crippen LogP contribution >= 0.6 is 0 Å². The Balaban J connectivity index is 1.94. The summed E-state index contributed by atoms with van der Waals surface area (Å²) in [5.74, 6) is 1.26. The highest BCUT2D eigenvalue weighted by Crippen LogP contribution is 2.36. The predicted molar refractivity (Wildman–Crippen MR) is 69.8 cm³/mol. The zero-order valence-corrected chi connectivity index (χ0v) is 11.2. The molecule has 0 bridgehead atoms. The molecule has 3 heteroatoms. The smallest absolute Gasteiger partial charge is 0.239 e.